The molecule has 0 radical (unpaired) electrons. The number of thiophene rings is 1. The van der Waals surface area contributed by atoms with Gasteiger partial charge in [-0.05, 0) is 43.1 Å². The predicted molar refractivity (Wildman–Crippen MR) is 81.2 cm³/mol. The van der Waals surface area contributed by atoms with Crippen LogP contribution in [0, 0.1) is 0 Å². The first-order valence-electron chi connectivity index (χ1n) is 6.65. The molecule has 2 heteroatoms. The van der Waals surface area contributed by atoms with Gasteiger partial charge in [0, 0.05) is 15.8 Å². The first-order chi connectivity index (χ1) is 8.80. The molecule has 18 heavy (non-hydrogen) atoms. The smallest absolute Gasteiger partial charge is 0.0409 e. The number of nitrogens with one attached hydrogen (secondary N) is 1. The monoisotopic (exact) mass is 259 g/mol. The van der Waals surface area contributed by atoms with Crippen LogP contribution in [-0.4, -0.2) is 7.05 Å². The second-order valence-corrected chi connectivity index (χ2v) is 5.58. The van der Waals surface area contributed by atoms with Crippen molar-refractivity contribution in [1.82, 2.24) is 5.32 Å². The minimum Gasteiger partial charge on any atom is -0.312 e. The molecule has 0 fully saturated rings. The lowest BCUT2D eigenvalue weighted by Crippen LogP contribution is -2.13. The van der Waals surface area contributed by atoms with Crippen LogP contribution in [0.15, 0.2) is 36.4 Å². The van der Waals surface area contributed by atoms with Crippen LogP contribution < -0.4 is 5.32 Å². The molecule has 1 atom stereocenters. The summed E-state index contributed by atoms with van der Waals surface area (Å²) in [6.45, 7) is 4.44. The lowest BCUT2D eigenvalue weighted by atomic mass is 10.0. The van der Waals surface area contributed by atoms with Crippen molar-refractivity contribution in [2.45, 2.75) is 32.7 Å². The van der Waals surface area contributed by atoms with Gasteiger partial charge in [-0.25, -0.2) is 0 Å². The van der Waals surface area contributed by atoms with Crippen LogP contribution in [0.25, 0.3) is 10.4 Å². The highest BCUT2D eigenvalue weighted by Crippen LogP contribution is 2.34. The number of hydrogen-bond donors (Lipinski definition) is 1. The number of rotatable bonds is 5. The molecule has 0 saturated carbocycles. The summed E-state index contributed by atoms with van der Waals surface area (Å²) in [5.74, 6) is 0. The average molecular weight is 259 g/mol. The maximum atomic E-state index is 3.37. The van der Waals surface area contributed by atoms with Crippen LogP contribution in [0.3, 0.4) is 0 Å². The van der Waals surface area contributed by atoms with Crippen LogP contribution >= 0.6 is 11.3 Å². The van der Waals surface area contributed by atoms with Crippen LogP contribution in [0.5, 0.6) is 0 Å². The van der Waals surface area contributed by atoms with Gasteiger partial charge in [0.05, 0.1) is 0 Å². The second kappa shape index (κ2) is 6.17. The van der Waals surface area contributed by atoms with Gasteiger partial charge >= 0.3 is 0 Å². The van der Waals surface area contributed by atoms with E-state index in [2.05, 4.69) is 55.6 Å². The SMILES string of the molecule is CCc1ccccc1-c1ccc(C(CC)NC)s1. The van der Waals surface area contributed by atoms with Gasteiger partial charge in [0.25, 0.3) is 0 Å². The molecule has 0 amide bonds. The Hall–Kier alpha value is -1.12. The third-order valence-electron chi connectivity index (χ3n) is 3.39. The Morgan fingerprint density at radius 1 is 1.11 bits per heavy atom. The van der Waals surface area contributed by atoms with Crippen molar-refractivity contribution in [2.75, 3.05) is 7.05 Å². The third-order valence-corrected chi connectivity index (χ3v) is 4.62. The highest BCUT2D eigenvalue weighted by atomic mass is 32.1. The molecule has 0 aliphatic heterocycles. The highest BCUT2D eigenvalue weighted by molar-refractivity contribution is 7.15. The molecule has 1 heterocycles. The Bertz CT molecular complexity index is 497. The van der Waals surface area contributed by atoms with Crippen LogP contribution in [0.1, 0.15) is 36.8 Å². The van der Waals surface area contributed by atoms with Gasteiger partial charge < -0.3 is 5.32 Å². The van der Waals surface area contributed by atoms with Gasteiger partial charge in [0.1, 0.15) is 0 Å². The third kappa shape index (κ3) is 2.65. The van der Waals surface area contributed by atoms with Crippen molar-refractivity contribution in [3.8, 4) is 10.4 Å². The summed E-state index contributed by atoms with van der Waals surface area (Å²) in [5, 5.41) is 3.37. The predicted octanol–water partition coefficient (Wildman–Crippen LogP) is 4.65. The molecular formula is C16H21NS. The van der Waals surface area contributed by atoms with Crippen molar-refractivity contribution in [3.63, 3.8) is 0 Å². The first-order valence-corrected chi connectivity index (χ1v) is 7.47. The van der Waals surface area contributed by atoms with Gasteiger partial charge in [-0.3, -0.25) is 0 Å². The Balaban J connectivity index is 2.34. The molecule has 1 aromatic heterocycles. The molecule has 0 spiro atoms. The molecule has 96 valence electrons. The summed E-state index contributed by atoms with van der Waals surface area (Å²) in [5.41, 5.74) is 2.82. The second-order valence-electron chi connectivity index (χ2n) is 4.46. The highest BCUT2D eigenvalue weighted by Gasteiger charge is 2.11. The number of benzene rings is 1. The quantitative estimate of drug-likeness (QED) is 0.824. The summed E-state index contributed by atoms with van der Waals surface area (Å²) in [7, 11) is 2.04. The van der Waals surface area contributed by atoms with Crippen LogP contribution in [0.2, 0.25) is 0 Å². The zero-order valence-electron chi connectivity index (χ0n) is 11.4. The molecule has 0 aliphatic carbocycles. The molecule has 0 aliphatic rings. The van der Waals surface area contributed by atoms with E-state index in [0.717, 1.165) is 12.8 Å². The van der Waals surface area contributed by atoms with Gasteiger partial charge in [0.2, 0.25) is 0 Å². The van der Waals surface area contributed by atoms with E-state index >= 15 is 0 Å². The van der Waals surface area contributed by atoms with E-state index in [1.807, 2.05) is 18.4 Å². The Kier molecular flexibility index (Phi) is 4.56. The maximum Gasteiger partial charge on any atom is 0.0409 e. The van der Waals surface area contributed by atoms with Crippen LogP contribution in [0.4, 0.5) is 0 Å². The summed E-state index contributed by atoms with van der Waals surface area (Å²) in [6, 6.07) is 13.7. The first kappa shape index (κ1) is 13.3. The molecule has 1 nitrogen and oxygen atoms in total. The molecule has 2 aromatic rings. The van der Waals surface area contributed by atoms with E-state index in [-0.39, 0.29) is 0 Å². The summed E-state index contributed by atoms with van der Waals surface area (Å²) >= 11 is 1.91. The summed E-state index contributed by atoms with van der Waals surface area (Å²) < 4.78 is 0. The van der Waals surface area contributed by atoms with E-state index < -0.39 is 0 Å². The largest absolute Gasteiger partial charge is 0.312 e. The normalized spacial score (nSPS) is 12.6. The van der Waals surface area contributed by atoms with Gasteiger partial charge in [-0.1, -0.05) is 38.1 Å². The molecule has 1 N–H and O–H groups in total. The molecule has 1 aromatic carbocycles. The fourth-order valence-corrected chi connectivity index (χ4v) is 3.56. The average Bonchev–Trinajstić information content (AvgIpc) is 2.89. The minimum atomic E-state index is 0.484. The number of aryl methyl sites for hydroxylation is 1. The standard InChI is InChI=1S/C16H21NS/c1-4-12-8-6-7-9-13(12)15-10-11-16(18-15)14(5-2)17-3/h6-11,14,17H,4-5H2,1-3H3. The van der Waals surface area contributed by atoms with Crippen molar-refractivity contribution in [3.05, 3.63) is 46.8 Å². The lowest BCUT2D eigenvalue weighted by molar-refractivity contribution is 0.586. The van der Waals surface area contributed by atoms with Gasteiger partial charge in [0.15, 0.2) is 0 Å². The fourth-order valence-electron chi connectivity index (χ4n) is 2.30. The topological polar surface area (TPSA) is 12.0 Å². The minimum absolute atomic E-state index is 0.484. The Labute approximate surface area is 114 Å². The van der Waals surface area contributed by atoms with E-state index in [1.165, 1.54) is 20.9 Å². The van der Waals surface area contributed by atoms with Crippen LogP contribution in [-0.2, 0) is 6.42 Å². The summed E-state index contributed by atoms with van der Waals surface area (Å²) in [6.07, 6.45) is 2.22. The van der Waals surface area contributed by atoms with E-state index in [0.29, 0.717) is 6.04 Å². The van der Waals surface area contributed by atoms with E-state index in [9.17, 15) is 0 Å². The summed E-state index contributed by atoms with van der Waals surface area (Å²) in [4.78, 5) is 2.82. The molecule has 0 saturated heterocycles. The van der Waals surface area contributed by atoms with Gasteiger partial charge in [-0.2, -0.15) is 0 Å². The van der Waals surface area contributed by atoms with Crippen molar-refractivity contribution in [2.24, 2.45) is 0 Å². The molecule has 2 rings (SSSR count). The van der Waals surface area contributed by atoms with Crippen molar-refractivity contribution >= 4 is 11.3 Å². The van der Waals surface area contributed by atoms with Crippen molar-refractivity contribution < 1.29 is 0 Å². The molecular weight excluding hydrogens is 238 g/mol. The lowest BCUT2D eigenvalue weighted by Gasteiger charge is -2.11. The molecule has 0 bridgehead atoms. The molecule has 1 unspecified atom stereocenters. The Morgan fingerprint density at radius 2 is 1.89 bits per heavy atom. The fraction of sp³-hybridized carbons (Fsp3) is 0.375. The van der Waals surface area contributed by atoms with Crippen molar-refractivity contribution in [1.29, 1.82) is 0 Å². The zero-order chi connectivity index (χ0) is 13.0. The maximum absolute atomic E-state index is 3.37. The van der Waals surface area contributed by atoms with E-state index in [4.69, 9.17) is 0 Å². The number of hydrogen-bond acceptors (Lipinski definition) is 2. The zero-order valence-corrected chi connectivity index (χ0v) is 12.2. The van der Waals surface area contributed by atoms with Gasteiger partial charge in [-0.15, -0.1) is 11.3 Å². The Morgan fingerprint density at radius 3 is 2.56 bits per heavy atom. The van der Waals surface area contributed by atoms with E-state index in [1.54, 1.807) is 0 Å².